The second-order valence-corrected chi connectivity index (χ2v) is 27.8. The molecule has 1 heterocycles. The van der Waals surface area contributed by atoms with Crippen LogP contribution < -0.4 is 5.32 Å². The number of nitrogens with one attached hydrogen (secondary N) is 1. The fourth-order valence-corrected chi connectivity index (χ4v) is 12.8. The number of carbonyl (C=O) groups excluding carboxylic acids is 2. The van der Waals surface area contributed by atoms with E-state index in [4.69, 9.17) is 14.2 Å². The summed E-state index contributed by atoms with van der Waals surface area (Å²) in [5, 5.41) is 54.3. The first kappa shape index (κ1) is 86.9. The van der Waals surface area contributed by atoms with Crippen LogP contribution in [-0.4, -0.2) is 100 Å². The minimum absolute atomic E-state index is 0.00991. The third kappa shape index (κ3) is 57.8. The number of hydrogen-bond acceptors (Lipinski definition) is 10. The van der Waals surface area contributed by atoms with Crippen molar-refractivity contribution in [3.8, 4) is 0 Å². The van der Waals surface area contributed by atoms with E-state index in [0.29, 0.717) is 19.4 Å². The molecule has 1 aliphatic rings. The lowest BCUT2D eigenvalue weighted by atomic mass is 9.99. The Balaban J connectivity index is 1.83. The summed E-state index contributed by atoms with van der Waals surface area (Å²) in [4.78, 5) is 25.1. The van der Waals surface area contributed by atoms with E-state index in [9.17, 15) is 35.1 Å². The highest BCUT2D eigenvalue weighted by Gasteiger charge is 2.44. The van der Waals surface area contributed by atoms with Crippen molar-refractivity contribution in [1.29, 1.82) is 0 Å². The molecule has 0 aromatic heterocycles. The van der Waals surface area contributed by atoms with Gasteiger partial charge in [0.25, 0.3) is 0 Å². The van der Waals surface area contributed by atoms with E-state index in [-0.39, 0.29) is 18.5 Å². The number of rotatable bonds is 71. The summed E-state index contributed by atoms with van der Waals surface area (Å²) in [6.45, 7) is 4.33. The van der Waals surface area contributed by atoms with Crippen LogP contribution in [0.5, 0.6) is 0 Å². The summed E-state index contributed by atoms with van der Waals surface area (Å²) < 4.78 is 16.7. The van der Waals surface area contributed by atoms with Gasteiger partial charge in [0.1, 0.15) is 24.4 Å². The fourth-order valence-electron chi connectivity index (χ4n) is 12.8. The SMILES string of the molecule is CCCCC/C=C\C/C=C\CCCCCCCCCC(=O)OCCCCCCCCCCCCCCCCCCCCCCCCCCCCCCCCCCCCCCCC(=O)NC(COC1OC(CO)C(O)C(O)C1O)C(O)/C=C/CCCCCCCCC. The second-order valence-electron chi connectivity index (χ2n) is 27.8. The Morgan fingerprint density at radius 3 is 1.13 bits per heavy atom. The van der Waals surface area contributed by atoms with Crippen molar-refractivity contribution < 1.29 is 49.3 Å². The van der Waals surface area contributed by atoms with Crippen molar-refractivity contribution in [1.82, 2.24) is 5.32 Å². The third-order valence-corrected chi connectivity index (χ3v) is 19.0. The lowest BCUT2D eigenvalue weighted by Gasteiger charge is -2.40. The quantitative estimate of drug-likeness (QED) is 0.0195. The number of allylic oxidation sites excluding steroid dienone is 5. The maximum atomic E-state index is 13.0. The summed E-state index contributed by atoms with van der Waals surface area (Å²) in [7, 11) is 0. The molecule has 0 radical (unpaired) electrons. The van der Waals surface area contributed by atoms with Gasteiger partial charge >= 0.3 is 5.97 Å². The van der Waals surface area contributed by atoms with Gasteiger partial charge in [-0.1, -0.05) is 359 Å². The summed E-state index contributed by atoms with van der Waals surface area (Å²) in [6.07, 6.45) is 80.6. The Morgan fingerprint density at radius 2 is 0.736 bits per heavy atom. The first-order chi connectivity index (χ1) is 44.7. The molecule has 1 rings (SSSR count). The van der Waals surface area contributed by atoms with Crippen molar-refractivity contribution in [2.45, 2.75) is 442 Å². The van der Waals surface area contributed by atoms with Gasteiger partial charge in [0.2, 0.25) is 5.91 Å². The molecule has 91 heavy (non-hydrogen) atoms. The van der Waals surface area contributed by atoms with E-state index in [0.717, 1.165) is 64.2 Å². The van der Waals surface area contributed by atoms with Gasteiger partial charge in [-0.2, -0.15) is 0 Å². The topological polar surface area (TPSA) is 175 Å². The normalized spacial score (nSPS) is 17.7. The number of aliphatic hydroxyl groups is 5. The number of unbranched alkanes of at least 4 members (excludes halogenated alkanes) is 53. The second kappa shape index (κ2) is 69.2. The van der Waals surface area contributed by atoms with Gasteiger partial charge in [0.15, 0.2) is 6.29 Å². The van der Waals surface area contributed by atoms with Crippen LogP contribution in [0.2, 0.25) is 0 Å². The monoisotopic (exact) mass is 1290 g/mol. The molecule has 0 aromatic carbocycles. The highest BCUT2D eigenvalue weighted by Crippen LogP contribution is 2.24. The van der Waals surface area contributed by atoms with E-state index in [1.165, 1.54) is 308 Å². The minimum atomic E-state index is -1.57. The van der Waals surface area contributed by atoms with Crippen LogP contribution in [0.25, 0.3) is 0 Å². The highest BCUT2D eigenvalue weighted by atomic mass is 16.7. The lowest BCUT2D eigenvalue weighted by molar-refractivity contribution is -0.302. The van der Waals surface area contributed by atoms with Gasteiger partial charge < -0.3 is 45.1 Å². The first-order valence-electron chi connectivity index (χ1n) is 39.8. The molecule has 0 aliphatic carbocycles. The number of ether oxygens (including phenoxy) is 3. The Kier molecular flexibility index (Phi) is 66.1. The van der Waals surface area contributed by atoms with Crippen LogP contribution >= 0.6 is 0 Å². The summed E-state index contributed by atoms with van der Waals surface area (Å²) in [5.74, 6) is -0.166. The van der Waals surface area contributed by atoms with E-state index in [2.05, 4.69) is 43.5 Å². The zero-order valence-corrected chi connectivity index (χ0v) is 59.8. The molecule has 0 bridgehead atoms. The Morgan fingerprint density at radius 1 is 0.407 bits per heavy atom. The molecule has 0 spiro atoms. The van der Waals surface area contributed by atoms with Gasteiger partial charge in [0, 0.05) is 12.8 Å². The molecule has 1 aliphatic heterocycles. The van der Waals surface area contributed by atoms with Crippen molar-refractivity contribution in [2.24, 2.45) is 0 Å². The van der Waals surface area contributed by atoms with Crippen molar-refractivity contribution in [2.75, 3.05) is 19.8 Å². The zero-order chi connectivity index (χ0) is 65.8. The maximum absolute atomic E-state index is 13.0. The smallest absolute Gasteiger partial charge is 0.305 e. The average molecular weight is 1290 g/mol. The minimum Gasteiger partial charge on any atom is -0.466 e. The molecular weight excluding hydrogens is 1130 g/mol. The van der Waals surface area contributed by atoms with E-state index >= 15 is 0 Å². The molecule has 11 heteroatoms. The van der Waals surface area contributed by atoms with Crippen molar-refractivity contribution >= 4 is 11.9 Å². The van der Waals surface area contributed by atoms with Crippen LogP contribution in [0.15, 0.2) is 36.5 Å². The highest BCUT2D eigenvalue weighted by molar-refractivity contribution is 5.76. The molecule has 1 saturated heterocycles. The van der Waals surface area contributed by atoms with Crippen molar-refractivity contribution in [3.63, 3.8) is 0 Å². The van der Waals surface area contributed by atoms with Gasteiger partial charge in [0.05, 0.1) is 32.0 Å². The van der Waals surface area contributed by atoms with Gasteiger partial charge in [-0.15, -0.1) is 0 Å². The number of hydrogen-bond donors (Lipinski definition) is 6. The zero-order valence-electron chi connectivity index (χ0n) is 59.8. The average Bonchev–Trinajstić information content (AvgIpc) is 3.30. The maximum Gasteiger partial charge on any atom is 0.305 e. The molecule has 1 amide bonds. The molecule has 11 nitrogen and oxygen atoms in total. The van der Waals surface area contributed by atoms with Crippen LogP contribution in [0.1, 0.15) is 399 Å². The van der Waals surface area contributed by atoms with Gasteiger partial charge in [-0.3, -0.25) is 9.59 Å². The molecule has 0 saturated carbocycles. The Bertz CT molecular complexity index is 1610. The van der Waals surface area contributed by atoms with E-state index in [1.807, 2.05) is 6.08 Å². The largest absolute Gasteiger partial charge is 0.466 e. The molecule has 7 atom stereocenters. The first-order valence-corrected chi connectivity index (χ1v) is 39.8. The van der Waals surface area contributed by atoms with Crippen LogP contribution in [0.3, 0.4) is 0 Å². The lowest BCUT2D eigenvalue weighted by Crippen LogP contribution is -2.60. The number of esters is 1. The third-order valence-electron chi connectivity index (χ3n) is 19.0. The number of carbonyl (C=O) groups is 2. The predicted octanol–water partition coefficient (Wildman–Crippen LogP) is 21.3. The summed E-state index contributed by atoms with van der Waals surface area (Å²) in [5.41, 5.74) is 0. The molecule has 7 unspecified atom stereocenters. The van der Waals surface area contributed by atoms with Crippen LogP contribution in [0.4, 0.5) is 0 Å². The summed E-state index contributed by atoms with van der Waals surface area (Å²) >= 11 is 0. The Labute approximate surface area is 562 Å². The van der Waals surface area contributed by atoms with Gasteiger partial charge in [-0.05, 0) is 64.2 Å². The van der Waals surface area contributed by atoms with Crippen LogP contribution in [0, 0.1) is 0 Å². The molecular formula is C80H151NO10. The molecule has 0 aromatic rings. The molecule has 6 N–H and O–H groups in total. The standard InChI is InChI=1S/C80H151NO10/c1-3-5-7-9-11-13-14-15-16-38-42-45-48-52-56-60-64-68-76(85)89-69-65-61-57-53-49-46-43-40-37-35-33-31-29-27-25-23-21-19-17-18-20-22-24-26-28-30-32-34-36-39-41-44-47-51-55-59-63-67-75(84)81-72(73(83)66-62-58-54-50-12-10-8-6-4-2)71-90-80-79(88)78(87)77(86)74(70-82)91-80/h11,13,15-16,62,66,72-74,77-80,82-83,86-88H,3-10,12,14,17-61,63-65,67-71H2,1-2H3,(H,81,84)/b13-11-,16-15-,66-62+. The molecule has 536 valence electrons. The Hall–Kier alpha value is -2.12. The number of amides is 1. The molecule has 1 fully saturated rings. The predicted molar refractivity (Wildman–Crippen MR) is 384 cm³/mol. The van der Waals surface area contributed by atoms with Crippen molar-refractivity contribution in [3.05, 3.63) is 36.5 Å². The van der Waals surface area contributed by atoms with E-state index in [1.54, 1.807) is 6.08 Å². The fraction of sp³-hybridized carbons (Fsp3) is 0.900. The summed E-state index contributed by atoms with van der Waals surface area (Å²) in [6, 6.07) is -0.804. The van der Waals surface area contributed by atoms with Crippen LogP contribution in [-0.2, 0) is 23.8 Å². The van der Waals surface area contributed by atoms with Gasteiger partial charge in [-0.25, -0.2) is 0 Å². The van der Waals surface area contributed by atoms with E-state index < -0.39 is 49.5 Å². The number of aliphatic hydroxyl groups excluding tert-OH is 5.